The highest BCUT2D eigenvalue weighted by Gasteiger charge is 2.16. The maximum Gasteiger partial charge on any atom is 0.265 e. The van der Waals surface area contributed by atoms with E-state index in [0.29, 0.717) is 16.5 Å². The second kappa shape index (κ2) is 7.10. The largest absolute Gasteiger partial charge is 0.479 e. The summed E-state index contributed by atoms with van der Waals surface area (Å²) in [6, 6.07) is 14.1. The van der Waals surface area contributed by atoms with Crippen LogP contribution in [0.3, 0.4) is 0 Å². The van der Waals surface area contributed by atoms with Gasteiger partial charge in [0.1, 0.15) is 12.1 Å². The number of nitrogens with one attached hydrogen (secondary N) is 1. The van der Waals surface area contributed by atoms with Crippen molar-refractivity contribution >= 4 is 23.2 Å². The molecule has 0 aliphatic rings. The lowest BCUT2D eigenvalue weighted by Gasteiger charge is -2.15. The third-order valence-electron chi connectivity index (χ3n) is 3.26. The van der Waals surface area contributed by atoms with E-state index in [1.54, 1.807) is 55.5 Å². The van der Waals surface area contributed by atoms with E-state index in [9.17, 15) is 4.79 Å². The molecule has 1 heterocycles. The Hall–Kier alpha value is -2.93. The molecule has 3 aromatic rings. The van der Waals surface area contributed by atoms with E-state index in [1.165, 1.54) is 11.0 Å². The second-order valence-electron chi connectivity index (χ2n) is 4.98. The Morgan fingerprint density at radius 1 is 1.21 bits per heavy atom. The van der Waals surface area contributed by atoms with E-state index in [1.807, 2.05) is 0 Å². The van der Waals surface area contributed by atoms with Crippen molar-refractivity contribution < 1.29 is 9.53 Å². The summed E-state index contributed by atoms with van der Waals surface area (Å²) in [4.78, 5) is 12.2. The van der Waals surface area contributed by atoms with Gasteiger partial charge in [-0.3, -0.25) is 4.79 Å². The Morgan fingerprint density at radius 3 is 2.62 bits per heavy atom. The molecule has 1 N–H and O–H groups in total. The van der Waals surface area contributed by atoms with Crippen molar-refractivity contribution in [1.82, 2.24) is 20.2 Å². The number of rotatable bonds is 5. The van der Waals surface area contributed by atoms with Crippen molar-refractivity contribution in [3.05, 3.63) is 59.9 Å². The molecule has 122 valence electrons. The van der Waals surface area contributed by atoms with E-state index in [4.69, 9.17) is 16.3 Å². The summed E-state index contributed by atoms with van der Waals surface area (Å²) in [5.41, 5.74) is 1.43. The first-order valence-corrected chi connectivity index (χ1v) is 7.57. The van der Waals surface area contributed by atoms with Gasteiger partial charge in [-0.05, 0) is 53.7 Å². The fraction of sp³-hybridized carbons (Fsp3) is 0.125. The van der Waals surface area contributed by atoms with Gasteiger partial charge >= 0.3 is 0 Å². The van der Waals surface area contributed by atoms with Crippen LogP contribution in [-0.4, -0.2) is 32.2 Å². The first-order valence-electron chi connectivity index (χ1n) is 7.19. The third kappa shape index (κ3) is 3.69. The fourth-order valence-corrected chi connectivity index (χ4v) is 2.19. The lowest BCUT2D eigenvalue weighted by Crippen LogP contribution is -2.30. The van der Waals surface area contributed by atoms with Gasteiger partial charge in [-0.25, -0.2) is 4.68 Å². The normalized spacial score (nSPS) is 11.8. The van der Waals surface area contributed by atoms with Crippen LogP contribution in [0.25, 0.3) is 5.69 Å². The summed E-state index contributed by atoms with van der Waals surface area (Å²) in [7, 11) is 0. The molecule has 0 radical (unpaired) electrons. The van der Waals surface area contributed by atoms with Gasteiger partial charge in [0.2, 0.25) is 0 Å². The number of amides is 1. The Morgan fingerprint density at radius 2 is 1.96 bits per heavy atom. The molecule has 0 aliphatic heterocycles. The van der Waals surface area contributed by atoms with E-state index in [0.717, 1.165) is 5.69 Å². The zero-order chi connectivity index (χ0) is 16.9. The highest BCUT2D eigenvalue weighted by Crippen LogP contribution is 2.24. The molecule has 0 unspecified atom stereocenters. The summed E-state index contributed by atoms with van der Waals surface area (Å²) in [5.74, 6) is 0.195. The number of benzene rings is 2. The number of aromatic nitrogens is 4. The summed E-state index contributed by atoms with van der Waals surface area (Å²) in [5, 5.41) is 14.2. The van der Waals surface area contributed by atoms with Crippen LogP contribution in [0.15, 0.2) is 54.9 Å². The standard InChI is InChI=1S/C16H14ClN5O2/c1-11(24-15-5-3-2-4-14(15)17)16(23)19-12-6-8-13(9-7-12)22-10-18-20-21-22/h2-11H,1H3,(H,19,23)/t11-/m0/s1. The average Bonchev–Trinajstić information content (AvgIpc) is 3.12. The van der Waals surface area contributed by atoms with Gasteiger partial charge in [-0.1, -0.05) is 23.7 Å². The summed E-state index contributed by atoms with van der Waals surface area (Å²) in [6.45, 7) is 1.66. The minimum absolute atomic E-state index is 0.273. The molecule has 0 fully saturated rings. The molecule has 1 aromatic heterocycles. The van der Waals surface area contributed by atoms with Gasteiger partial charge in [0.05, 0.1) is 10.7 Å². The number of tetrazole rings is 1. The molecule has 7 nitrogen and oxygen atoms in total. The first-order chi connectivity index (χ1) is 11.6. The molecule has 0 saturated carbocycles. The van der Waals surface area contributed by atoms with Gasteiger partial charge in [0.15, 0.2) is 6.10 Å². The molecule has 2 aromatic carbocycles. The van der Waals surface area contributed by atoms with E-state index < -0.39 is 6.10 Å². The minimum Gasteiger partial charge on any atom is -0.479 e. The lowest BCUT2D eigenvalue weighted by atomic mass is 10.2. The Labute approximate surface area is 143 Å². The molecule has 0 saturated heterocycles. The smallest absolute Gasteiger partial charge is 0.265 e. The van der Waals surface area contributed by atoms with Gasteiger partial charge in [-0.2, -0.15) is 0 Å². The highest BCUT2D eigenvalue weighted by molar-refractivity contribution is 6.32. The maximum atomic E-state index is 12.2. The first kappa shape index (κ1) is 15.9. The van der Waals surface area contributed by atoms with Crippen LogP contribution in [-0.2, 0) is 4.79 Å². The minimum atomic E-state index is -0.691. The zero-order valence-corrected chi connectivity index (χ0v) is 13.5. The zero-order valence-electron chi connectivity index (χ0n) is 12.8. The number of hydrogen-bond acceptors (Lipinski definition) is 5. The number of halogens is 1. The quantitative estimate of drug-likeness (QED) is 0.770. The molecule has 1 amide bonds. The van der Waals surface area contributed by atoms with Gasteiger partial charge in [0, 0.05) is 5.69 Å². The van der Waals surface area contributed by atoms with Crippen LogP contribution >= 0.6 is 11.6 Å². The molecule has 0 bridgehead atoms. The van der Waals surface area contributed by atoms with Crippen LogP contribution < -0.4 is 10.1 Å². The van der Waals surface area contributed by atoms with Crippen molar-refractivity contribution in [2.24, 2.45) is 0 Å². The highest BCUT2D eigenvalue weighted by atomic mass is 35.5. The molecule has 0 aliphatic carbocycles. The SMILES string of the molecule is C[C@H](Oc1ccccc1Cl)C(=O)Nc1ccc(-n2cnnn2)cc1. The van der Waals surface area contributed by atoms with Gasteiger partial charge < -0.3 is 10.1 Å². The van der Waals surface area contributed by atoms with E-state index in [2.05, 4.69) is 20.8 Å². The molecular formula is C16H14ClN5O2. The van der Waals surface area contributed by atoms with Crippen LogP contribution in [0.4, 0.5) is 5.69 Å². The van der Waals surface area contributed by atoms with Crippen molar-refractivity contribution in [2.45, 2.75) is 13.0 Å². The number of para-hydroxylation sites is 1. The van der Waals surface area contributed by atoms with Crippen molar-refractivity contribution in [1.29, 1.82) is 0 Å². The van der Waals surface area contributed by atoms with E-state index in [-0.39, 0.29) is 5.91 Å². The number of ether oxygens (including phenoxy) is 1. The number of carbonyl (C=O) groups excluding carboxylic acids is 1. The summed E-state index contributed by atoms with van der Waals surface area (Å²) >= 11 is 6.02. The van der Waals surface area contributed by atoms with Crippen molar-refractivity contribution in [2.75, 3.05) is 5.32 Å². The number of hydrogen-bond donors (Lipinski definition) is 1. The Kier molecular flexibility index (Phi) is 4.72. The van der Waals surface area contributed by atoms with Crippen molar-refractivity contribution in [3.63, 3.8) is 0 Å². The molecule has 0 spiro atoms. The number of carbonyl (C=O) groups is 1. The monoisotopic (exact) mass is 343 g/mol. The van der Waals surface area contributed by atoms with Crippen LogP contribution in [0.1, 0.15) is 6.92 Å². The average molecular weight is 344 g/mol. The topological polar surface area (TPSA) is 81.9 Å². The number of anilines is 1. The third-order valence-corrected chi connectivity index (χ3v) is 3.57. The Bertz CT molecular complexity index is 821. The van der Waals surface area contributed by atoms with Gasteiger partial charge in [0.25, 0.3) is 5.91 Å². The van der Waals surface area contributed by atoms with E-state index >= 15 is 0 Å². The molecular weight excluding hydrogens is 330 g/mol. The Balaban J connectivity index is 1.63. The molecule has 3 rings (SSSR count). The molecule has 1 atom stereocenters. The lowest BCUT2D eigenvalue weighted by molar-refractivity contribution is -0.122. The number of nitrogens with zero attached hydrogens (tertiary/aromatic N) is 4. The van der Waals surface area contributed by atoms with Crippen LogP contribution in [0.2, 0.25) is 5.02 Å². The maximum absolute atomic E-state index is 12.2. The van der Waals surface area contributed by atoms with Crippen LogP contribution in [0, 0.1) is 0 Å². The predicted molar refractivity (Wildman–Crippen MR) is 89.3 cm³/mol. The fourth-order valence-electron chi connectivity index (χ4n) is 2.01. The van der Waals surface area contributed by atoms with Crippen LogP contribution in [0.5, 0.6) is 5.75 Å². The summed E-state index contributed by atoms with van der Waals surface area (Å²) in [6.07, 6.45) is 0.803. The summed E-state index contributed by atoms with van der Waals surface area (Å²) < 4.78 is 7.11. The molecule has 8 heteroatoms. The predicted octanol–water partition coefficient (Wildman–Crippen LogP) is 2.72. The van der Waals surface area contributed by atoms with Gasteiger partial charge in [-0.15, -0.1) is 5.10 Å². The molecule has 24 heavy (non-hydrogen) atoms. The van der Waals surface area contributed by atoms with Crippen molar-refractivity contribution in [3.8, 4) is 11.4 Å². The second-order valence-corrected chi connectivity index (χ2v) is 5.39.